The summed E-state index contributed by atoms with van der Waals surface area (Å²) in [5.74, 6) is 0.334. The van der Waals surface area contributed by atoms with Gasteiger partial charge in [0.15, 0.2) is 5.76 Å². The molecule has 8 nitrogen and oxygen atoms in total. The number of aromatic nitrogens is 2. The normalized spacial score (nSPS) is 18.1. The highest BCUT2D eigenvalue weighted by Gasteiger charge is 2.39. The van der Waals surface area contributed by atoms with Crippen molar-refractivity contribution in [2.45, 2.75) is 31.6 Å². The maximum atomic E-state index is 12.4. The minimum absolute atomic E-state index is 0.228. The predicted molar refractivity (Wildman–Crippen MR) is 110 cm³/mol. The Morgan fingerprint density at radius 3 is 2.74 bits per heavy atom. The Kier molecular flexibility index (Phi) is 6.56. The van der Waals surface area contributed by atoms with Gasteiger partial charge in [-0.05, 0) is 19.9 Å². The zero-order chi connectivity index (χ0) is 22.8. The predicted octanol–water partition coefficient (Wildman–Crippen LogP) is 1.99. The minimum atomic E-state index is -4.45. The molecule has 0 unspecified atom stereocenters. The fraction of sp³-hybridized carbons (Fsp3) is 0.550. The van der Waals surface area contributed by atoms with Crippen LogP contribution in [0.2, 0.25) is 0 Å². The van der Waals surface area contributed by atoms with Crippen LogP contribution in [0.5, 0.6) is 0 Å². The SMILES string of the molecule is CN(C)c1cncc(-c2cnc(C(C)(C)N3CCN[C@H](C(=O)NCC(F)(F)F)C3)o2)c1. The topological polar surface area (TPSA) is 86.5 Å². The molecule has 2 aromatic heterocycles. The zero-order valence-corrected chi connectivity index (χ0v) is 18.0. The molecule has 2 N–H and O–H groups in total. The van der Waals surface area contributed by atoms with Crippen molar-refractivity contribution in [3.05, 3.63) is 30.5 Å². The number of pyridine rings is 1. The van der Waals surface area contributed by atoms with E-state index >= 15 is 0 Å². The van der Waals surface area contributed by atoms with E-state index in [0.29, 0.717) is 24.7 Å². The summed E-state index contributed by atoms with van der Waals surface area (Å²) in [4.78, 5) is 24.8. The highest BCUT2D eigenvalue weighted by molar-refractivity contribution is 5.82. The van der Waals surface area contributed by atoms with E-state index < -0.39 is 30.2 Å². The molecule has 3 rings (SSSR count). The van der Waals surface area contributed by atoms with Gasteiger partial charge in [-0.2, -0.15) is 13.2 Å². The molecule has 1 aliphatic rings. The highest BCUT2D eigenvalue weighted by atomic mass is 19.4. The van der Waals surface area contributed by atoms with Gasteiger partial charge >= 0.3 is 6.18 Å². The smallest absolute Gasteiger partial charge is 0.405 e. The standard InChI is InChI=1S/C20H27F3N6O2/c1-19(2,29-6-5-25-15(11-29)17(30)27-12-20(21,22)23)18-26-10-16(31-18)13-7-14(28(3)4)9-24-8-13/h7-10,15,25H,5-6,11-12H2,1-4H3,(H,27,30)/t15-/m0/s1. The van der Waals surface area contributed by atoms with Gasteiger partial charge in [0.2, 0.25) is 11.8 Å². The Morgan fingerprint density at radius 1 is 1.32 bits per heavy atom. The highest BCUT2D eigenvalue weighted by Crippen LogP contribution is 2.32. The summed E-state index contributed by atoms with van der Waals surface area (Å²) < 4.78 is 43.3. The molecular formula is C20H27F3N6O2. The number of alkyl halides is 3. The van der Waals surface area contributed by atoms with Crippen molar-refractivity contribution in [1.29, 1.82) is 0 Å². The van der Waals surface area contributed by atoms with Gasteiger partial charge in [0.25, 0.3) is 0 Å². The number of carbonyl (C=O) groups is 1. The zero-order valence-electron chi connectivity index (χ0n) is 18.0. The molecule has 0 radical (unpaired) electrons. The van der Waals surface area contributed by atoms with E-state index in [2.05, 4.69) is 15.3 Å². The first-order valence-electron chi connectivity index (χ1n) is 9.89. The summed E-state index contributed by atoms with van der Waals surface area (Å²) in [5.41, 5.74) is 1.03. The summed E-state index contributed by atoms with van der Waals surface area (Å²) in [7, 11) is 3.84. The fourth-order valence-corrected chi connectivity index (χ4v) is 3.38. The molecule has 3 heterocycles. The lowest BCUT2D eigenvalue weighted by molar-refractivity contribution is -0.140. The van der Waals surface area contributed by atoms with E-state index in [9.17, 15) is 18.0 Å². The molecule has 170 valence electrons. The molecular weight excluding hydrogens is 413 g/mol. The van der Waals surface area contributed by atoms with Gasteiger partial charge < -0.3 is 20.0 Å². The Bertz CT molecular complexity index is 912. The van der Waals surface area contributed by atoms with Crippen molar-refractivity contribution in [3.8, 4) is 11.3 Å². The Hall–Kier alpha value is -2.66. The van der Waals surface area contributed by atoms with Crippen LogP contribution >= 0.6 is 0 Å². The molecule has 1 saturated heterocycles. The van der Waals surface area contributed by atoms with Gasteiger partial charge in [-0.15, -0.1) is 0 Å². The largest absolute Gasteiger partial charge is 0.439 e. The molecule has 0 saturated carbocycles. The van der Waals surface area contributed by atoms with E-state index in [-0.39, 0.29) is 6.54 Å². The van der Waals surface area contributed by atoms with Gasteiger partial charge in [-0.3, -0.25) is 14.7 Å². The van der Waals surface area contributed by atoms with Crippen LogP contribution in [0.25, 0.3) is 11.3 Å². The summed E-state index contributed by atoms with van der Waals surface area (Å²) in [6.45, 7) is 3.74. The van der Waals surface area contributed by atoms with Gasteiger partial charge in [-0.1, -0.05) is 0 Å². The van der Waals surface area contributed by atoms with Crippen LogP contribution in [0.3, 0.4) is 0 Å². The molecule has 0 spiro atoms. The molecule has 0 bridgehead atoms. The second kappa shape index (κ2) is 8.83. The van der Waals surface area contributed by atoms with E-state index in [0.717, 1.165) is 11.3 Å². The molecule has 0 aliphatic carbocycles. The number of piperazine rings is 1. The monoisotopic (exact) mass is 440 g/mol. The van der Waals surface area contributed by atoms with E-state index in [4.69, 9.17) is 4.42 Å². The number of nitrogens with one attached hydrogen (secondary N) is 2. The molecule has 1 fully saturated rings. The van der Waals surface area contributed by atoms with Gasteiger partial charge in [-0.25, -0.2) is 4.98 Å². The molecule has 31 heavy (non-hydrogen) atoms. The first-order chi connectivity index (χ1) is 14.5. The number of halogens is 3. The Balaban J connectivity index is 1.73. The van der Waals surface area contributed by atoms with E-state index in [1.54, 1.807) is 18.6 Å². The number of rotatable bonds is 6. The number of nitrogens with zero attached hydrogens (tertiary/aromatic N) is 4. The van der Waals surface area contributed by atoms with Crippen molar-refractivity contribution < 1.29 is 22.4 Å². The second-order valence-corrected chi connectivity index (χ2v) is 8.20. The van der Waals surface area contributed by atoms with Gasteiger partial charge in [0.1, 0.15) is 6.54 Å². The average Bonchev–Trinajstić information content (AvgIpc) is 3.23. The number of carbonyl (C=O) groups excluding carboxylic acids is 1. The van der Waals surface area contributed by atoms with Crippen LogP contribution in [0.4, 0.5) is 18.9 Å². The third kappa shape index (κ3) is 5.53. The number of hydrogen-bond donors (Lipinski definition) is 2. The van der Waals surface area contributed by atoms with Crippen molar-refractivity contribution in [2.24, 2.45) is 0 Å². The first kappa shape index (κ1) is 23.0. The fourth-order valence-electron chi connectivity index (χ4n) is 3.38. The van der Waals surface area contributed by atoms with Gasteiger partial charge in [0.05, 0.1) is 29.7 Å². The number of hydrogen-bond acceptors (Lipinski definition) is 7. The molecule has 1 atom stereocenters. The first-order valence-corrected chi connectivity index (χ1v) is 9.89. The van der Waals surface area contributed by atoms with Gasteiger partial charge in [0, 0.05) is 45.5 Å². The Labute approximate surface area is 178 Å². The molecule has 1 aliphatic heterocycles. The van der Waals surface area contributed by atoms with Crippen molar-refractivity contribution >= 4 is 11.6 Å². The second-order valence-electron chi connectivity index (χ2n) is 8.20. The Morgan fingerprint density at radius 2 is 2.06 bits per heavy atom. The third-order valence-corrected chi connectivity index (χ3v) is 5.30. The maximum absolute atomic E-state index is 12.4. The van der Waals surface area contributed by atoms with E-state index in [1.165, 1.54) is 0 Å². The van der Waals surface area contributed by atoms with Crippen LogP contribution in [-0.4, -0.2) is 73.3 Å². The van der Waals surface area contributed by atoms with Crippen molar-refractivity contribution in [1.82, 2.24) is 25.5 Å². The lowest BCUT2D eigenvalue weighted by Gasteiger charge is -2.41. The van der Waals surface area contributed by atoms with Crippen molar-refractivity contribution in [3.63, 3.8) is 0 Å². The number of amides is 1. The summed E-state index contributed by atoms with van der Waals surface area (Å²) in [6.07, 6.45) is 0.616. The maximum Gasteiger partial charge on any atom is 0.405 e. The molecule has 11 heteroatoms. The summed E-state index contributed by atoms with van der Waals surface area (Å²) >= 11 is 0. The average molecular weight is 440 g/mol. The lowest BCUT2D eigenvalue weighted by Crippen LogP contribution is -2.61. The van der Waals surface area contributed by atoms with Crippen molar-refractivity contribution in [2.75, 3.05) is 45.2 Å². The molecule has 2 aromatic rings. The van der Waals surface area contributed by atoms with Crippen LogP contribution in [0.15, 0.2) is 29.1 Å². The minimum Gasteiger partial charge on any atom is -0.439 e. The van der Waals surface area contributed by atoms with E-state index in [1.807, 2.05) is 49.1 Å². The lowest BCUT2D eigenvalue weighted by atomic mass is 10.00. The molecule has 0 aromatic carbocycles. The van der Waals surface area contributed by atoms with Crippen LogP contribution in [0.1, 0.15) is 19.7 Å². The van der Waals surface area contributed by atoms with Crippen LogP contribution in [0, 0.1) is 0 Å². The van der Waals surface area contributed by atoms with Crippen LogP contribution in [-0.2, 0) is 10.3 Å². The number of oxazole rings is 1. The quantitative estimate of drug-likeness (QED) is 0.711. The van der Waals surface area contributed by atoms with Crippen LogP contribution < -0.4 is 15.5 Å². The molecule has 1 amide bonds. The summed E-state index contributed by atoms with van der Waals surface area (Å²) in [6, 6.07) is 1.18. The number of anilines is 1. The third-order valence-electron chi connectivity index (χ3n) is 5.30. The summed E-state index contributed by atoms with van der Waals surface area (Å²) in [5, 5.41) is 4.91.